The number of H-pyrrole nitrogens is 2. The van der Waals surface area contributed by atoms with E-state index in [0.29, 0.717) is 0 Å². The van der Waals surface area contributed by atoms with Crippen LogP contribution >= 0.6 is 0 Å². The normalized spacial score (nSPS) is 10.7. The van der Waals surface area contributed by atoms with Crippen molar-refractivity contribution in [2.45, 2.75) is 6.42 Å². The molecule has 0 atom stereocenters. The summed E-state index contributed by atoms with van der Waals surface area (Å²) in [5.41, 5.74) is 1.26. The summed E-state index contributed by atoms with van der Waals surface area (Å²) in [6.07, 6.45) is 0.932. The summed E-state index contributed by atoms with van der Waals surface area (Å²) >= 11 is 0. The molecule has 0 aliphatic heterocycles. The van der Waals surface area contributed by atoms with Crippen LogP contribution in [0.25, 0.3) is 0 Å². The van der Waals surface area contributed by atoms with Gasteiger partial charge in [-0.05, 0) is 6.07 Å². The van der Waals surface area contributed by atoms with Crippen LogP contribution in [0.3, 0.4) is 0 Å². The summed E-state index contributed by atoms with van der Waals surface area (Å²) in [4.78, 5) is 37.9. The first-order valence-corrected chi connectivity index (χ1v) is 5.93. The quantitative estimate of drug-likeness (QED) is 0.540. The highest BCUT2D eigenvalue weighted by atomic mass is 19.1. The van der Waals surface area contributed by atoms with Crippen molar-refractivity contribution in [3.63, 3.8) is 0 Å². The molecule has 0 aliphatic carbocycles. The maximum atomic E-state index is 13.3. The lowest BCUT2D eigenvalue weighted by atomic mass is 10.2. The number of nitrogens with zero attached hydrogens (tertiary/aromatic N) is 1. The Balaban J connectivity index is 1.98. The van der Waals surface area contributed by atoms with Crippen molar-refractivity contribution in [3.05, 3.63) is 68.2 Å². The first kappa shape index (κ1) is 14.4. The maximum absolute atomic E-state index is 13.3. The zero-order chi connectivity index (χ0) is 15.2. The lowest BCUT2D eigenvalue weighted by molar-refractivity contribution is -0.120. The Hall–Kier alpha value is -3.03. The van der Waals surface area contributed by atoms with Gasteiger partial charge in [-0.15, -0.1) is 0 Å². The van der Waals surface area contributed by atoms with Gasteiger partial charge in [0.05, 0.1) is 12.6 Å². The Morgan fingerprint density at radius 1 is 1.29 bits per heavy atom. The number of halogens is 1. The number of benzene rings is 1. The van der Waals surface area contributed by atoms with Gasteiger partial charge in [-0.2, -0.15) is 5.10 Å². The third kappa shape index (κ3) is 4.23. The van der Waals surface area contributed by atoms with Crippen LogP contribution in [0, 0.1) is 5.82 Å². The predicted molar refractivity (Wildman–Crippen MR) is 73.5 cm³/mol. The molecule has 0 fully saturated rings. The van der Waals surface area contributed by atoms with Gasteiger partial charge >= 0.3 is 5.69 Å². The molecule has 7 nitrogen and oxygen atoms in total. The van der Waals surface area contributed by atoms with Gasteiger partial charge in [-0.25, -0.2) is 14.6 Å². The topological polar surface area (TPSA) is 107 Å². The van der Waals surface area contributed by atoms with E-state index in [2.05, 4.69) is 15.5 Å². The molecule has 2 aromatic rings. The number of hydrazone groups is 1. The Labute approximate surface area is 117 Å². The summed E-state index contributed by atoms with van der Waals surface area (Å²) in [6.45, 7) is 0. The van der Waals surface area contributed by atoms with Crippen LogP contribution in [0.2, 0.25) is 0 Å². The summed E-state index contributed by atoms with van der Waals surface area (Å²) in [5, 5.41) is 3.60. The van der Waals surface area contributed by atoms with Gasteiger partial charge in [-0.1, -0.05) is 18.2 Å². The molecule has 0 unspecified atom stereocenters. The largest absolute Gasteiger partial charge is 0.325 e. The lowest BCUT2D eigenvalue weighted by Gasteiger charge is -2.00. The molecule has 0 aliphatic rings. The van der Waals surface area contributed by atoms with Gasteiger partial charge in [0.25, 0.3) is 5.56 Å². The molecule has 0 saturated carbocycles. The second-order valence-electron chi connectivity index (χ2n) is 4.10. The number of nitrogens with one attached hydrogen (secondary N) is 3. The third-order valence-electron chi connectivity index (χ3n) is 2.47. The second-order valence-corrected chi connectivity index (χ2v) is 4.10. The average molecular weight is 290 g/mol. The second kappa shape index (κ2) is 6.42. The van der Waals surface area contributed by atoms with Crippen LogP contribution in [0.5, 0.6) is 0 Å². The Morgan fingerprint density at radius 3 is 2.76 bits per heavy atom. The first-order valence-electron chi connectivity index (χ1n) is 5.93. The molecule has 0 spiro atoms. The Morgan fingerprint density at radius 2 is 2.05 bits per heavy atom. The summed E-state index contributed by atoms with van der Waals surface area (Å²) in [6, 6.07) is 7.03. The van der Waals surface area contributed by atoms with E-state index in [1.54, 1.807) is 6.07 Å². The molecule has 2 rings (SSSR count). The molecule has 0 radical (unpaired) electrons. The van der Waals surface area contributed by atoms with Crippen LogP contribution in [0.15, 0.2) is 45.0 Å². The van der Waals surface area contributed by atoms with E-state index < -0.39 is 23.0 Å². The van der Waals surface area contributed by atoms with Crippen molar-refractivity contribution >= 4 is 12.1 Å². The van der Waals surface area contributed by atoms with E-state index in [4.69, 9.17) is 0 Å². The Bertz CT molecular complexity index is 766. The van der Waals surface area contributed by atoms with Crippen molar-refractivity contribution in [2.24, 2.45) is 5.10 Å². The van der Waals surface area contributed by atoms with Crippen molar-refractivity contribution in [2.75, 3.05) is 0 Å². The van der Waals surface area contributed by atoms with Crippen molar-refractivity contribution in [1.82, 2.24) is 15.4 Å². The minimum absolute atomic E-state index is 0.155. The number of hydrogen-bond acceptors (Lipinski definition) is 4. The van der Waals surface area contributed by atoms with Crippen LogP contribution in [-0.2, 0) is 11.2 Å². The van der Waals surface area contributed by atoms with Crippen LogP contribution in [0.4, 0.5) is 4.39 Å². The number of amides is 1. The average Bonchev–Trinajstić information content (AvgIpc) is 2.39. The molecular formula is C13H11FN4O3. The number of carbonyl (C=O) groups excluding carboxylic acids is 1. The highest BCUT2D eigenvalue weighted by molar-refractivity contribution is 5.83. The molecule has 0 saturated heterocycles. The molecule has 1 aromatic heterocycles. The van der Waals surface area contributed by atoms with Crippen molar-refractivity contribution in [1.29, 1.82) is 0 Å². The molecule has 8 heteroatoms. The van der Waals surface area contributed by atoms with Crippen LogP contribution in [-0.4, -0.2) is 22.1 Å². The van der Waals surface area contributed by atoms with Crippen molar-refractivity contribution < 1.29 is 9.18 Å². The van der Waals surface area contributed by atoms with Crippen molar-refractivity contribution in [3.8, 4) is 0 Å². The predicted octanol–water partition coefficient (Wildman–Crippen LogP) is -0.105. The third-order valence-corrected chi connectivity index (χ3v) is 2.47. The number of hydrogen-bond donors (Lipinski definition) is 3. The van der Waals surface area contributed by atoms with Gasteiger partial charge < -0.3 is 4.98 Å². The number of rotatable bonds is 4. The maximum Gasteiger partial charge on any atom is 0.325 e. The van der Waals surface area contributed by atoms with E-state index >= 15 is 0 Å². The van der Waals surface area contributed by atoms with E-state index in [1.807, 2.05) is 4.98 Å². The van der Waals surface area contributed by atoms with Gasteiger partial charge in [0.15, 0.2) is 0 Å². The summed E-state index contributed by atoms with van der Waals surface area (Å²) < 4.78 is 13.3. The summed E-state index contributed by atoms with van der Waals surface area (Å²) in [7, 11) is 0. The van der Waals surface area contributed by atoms with E-state index in [0.717, 1.165) is 12.3 Å². The monoisotopic (exact) mass is 290 g/mol. The molecule has 1 heterocycles. The van der Waals surface area contributed by atoms with Crippen LogP contribution < -0.4 is 16.7 Å². The number of aromatic amines is 2. The molecule has 1 amide bonds. The zero-order valence-electron chi connectivity index (χ0n) is 10.7. The molecule has 0 bridgehead atoms. The van der Waals surface area contributed by atoms with Gasteiger partial charge in [0, 0.05) is 17.3 Å². The summed E-state index contributed by atoms with van der Waals surface area (Å²) in [5.74, 6) is -1.02. The molecule has 21 heavy (non-hydrogen) atoms. The number of carbonyl (C=O) groups is 1. The van der Waals surface area contributed by atoms with E-state index in [1.165, 1.54) is 18.2 Å². The highest BCUT2D eigenvalue weighted by Crippen LogP contribution is 2.02. The Kier molecular flexibility index (Phi) is 4.39. The number of aromatic nitrogens is 2. The first-order chi connectivity index (χ1) is 10.0. The molecule has 1 aromatic carbocycles. The van der Waals surface area contributed by atoms with Gasteiger partial charge in [-0.3, -0.25) is 14.6 Å². The van der Waals surface area contributed by atoms with Crippen LogP contribution in [0.1, 0.15) is 11.3 Å². The van der Waals surface area contributed by atoms with E-state index in [-0.39, 0.29) is 17.7 Å². The fourth-order valence-electron chi connectivity index (χ4n) is 1.58. The standard InChI is InChI=1S/C13H11FN4O3/c14-10-4-2-1-3-8(10)7-15-18-12(20)6-9-5-11(19)17-13(21)16-9/h1-5,7H,6H2,(H,18,20)(H2,16,17,19,21). The fraction of sp³-hybridized carbons (Fsp3) is 0.0769. The van der Waals surface area contributed by atoms with Gasteiger partial charge in [0.1, 0.15) is 5.82 Å². The molecule has 3 N–H and O–H groups in total. The zero-order valence-corrected chi connectivity index (χ0v) is 10.7. The van der Waals surface area contributed by atoms with E-state index in [9.17, 15) is 18.8 Å². The minimum atomic E-state index is -0.694. The lowest BCUT2D eigenvalue weighted by Crippen LogP contribution is -2.27. The van der Waals surface area contributed by atoms with Gasteiger partial charge in [0.2, 0.25) is 5.91 Å². The molecular weight excluding hydrogens is 279 g/mol. The molecule has 108 valence electrons. The minimum Gasteiger partial charge on any atom is -0.311 e. The fourth-order valence-corrected chi connectivity index (χ4v) is 1.58. The highest BCUT2D eigenvalue weighted by Gasteiger charge is 2.04. The smallest absolute Gasteiger partial charge is 0.311 e. The SMILES string of the molecule is O=C(Cc1cc(=O)[nH]c(=O)[nH]1)NN=Cc1ccccc1F.